The lowest BCUT2D eigenvalue weighted by molar-refractivity contribution is -0.122. The fourth-order valence-electron chi connectivity index (χ4n) is 2.96. The second kappa shape index (κ2) is 7.38. The predicted molar refractivity (Wildman–Crippen MR) is 97.9 cm³/mol. The lowest BCUT2D eigenvalue weighted by atomic mass is 10.1. The van der Waals surface area contributed by atoms with Gasteiger partial charge in [0.2, 0.25) is 11.8 Å². The van der Waals surface area contributed by atoms with E-state index in [-0.39, 0.29) is 24.2 Å². The van der Waals surface area contributed by atoms with Crippen molar-refractivity contribution in [3.63, 3.8) is 0 Å². The molecular weight excluding hydrogens is 316 g/mol. The van der Waals surface area contributed by atoms with E-state index in [2.05, 4.69) is 12.2 Å². The van der Waals surface area contributed by atoms with E-state index in [4.69, 9.17) is 4.74 Å². The summed E-state index contributed by atoms with van der Waals surface area (Å²) in [5, 5.41) is 2.87. The maximum absolute atomic E-state index is 12.5. The van der Waals surface area contributed by atoms with Crippen LogP contribution in [0.5, 0.6) is 5.75 Å². The highest BCUT2D eigenvalue weighted by Gasteiger charge is 2.35. The normalized spacial score (nSPS) is 16.8. The molecule has 0 unspecified atom stereocenters. The van der Waals surface area contributed by atoms with Crippen molar-refractivity contribution >= 4 is 23.2 Å². The maximum atomic E-state index is 12.5. The summed E-state index contributed by atoms with van der Waals surface area (Å²) in [7, 11) is 1.60. The molecule has 1 heterocycles. The topological polar surface area (TPSA) is 58.6 Å². The highest BCUT2D eigenvalue weighted by Crippen LogP contribution is 2.26. The Morgan fingerprint density at radius 1 is 1.16 bits per heavy atom. The van der Waals surface area contributed by atoms with Gasteiger partial charge in [-0.1, -0.05) is 19.1 Å². The van der Waals surface area contributed by atoms with Crippen LogP contribution in [-0.4, -0.2) is 25.5 Å². The molecule has 1 N–H and O–H groups in total. The molecule has 2 aromatic rings. The molecule has 0 saturated carbocycles. The zero-order chi connectivity index (χ0) is 17.8. The van der Waals surface area contributed by atoms with E-state index in [1.807, 2.05) is 24.3 Å². The van der Waals surface area contributed by atoms with E-state index < -0.39 is 0 Å². The van der Waals surface area contributed by atoms with Gasteiger partial charge in [-0.2, -0.15) is 0 Å². The first-order valence-corrected chi connectivity index (χ1v) is 8.45. The number of carbonyl (C=O) groups excluding carboxylic acids is 2. The van der Waals surface area contributed by atoms with E-state index in [0.29, 0.717) is 12.2 Å². The average molecular weight is 338 g/mol. The lowest BCUT2D eigenvalue weighted by Gasteiger charge is -2.17. The monoisotopic (exact) mass is 338 g/mol. The molecule has 130 valence electrons. The van der Waals surface area contributed by atoms with E-state index in [9.17, 15) is 9.59 Å². The Morgan fingerprint density at radius 2 is 1.84 bits per heavy atom. The van der Waals surface area contributed by atoms with Crippen molar-refractivity contribution in [1.29, 1.82) is 0 Å². The van der Waals surface area contributed by atoms with E-state index in [1.165, 1.54) is 5.56 Å². The number of benzene rings is 2. The summed E-state index contributed by atoms with van der Waals surface area (Å²) < 4.78 is 5.10. The molecule has 0 aromatic heterocycles. The number of hydrogen-bond donors (Lipinski definition) is 1. The van der Waals surface area contributed by atoms with Crippen molar-refractivity contribution in [2.45, 2.75) is 19.8 Å². The Bertz CT molecular complexity index is 754. The number of carbonyl (C=O) groups is 2. The van der Waals surface area contributed by atoms with E-state index in [1.54, 1.807) is 36.3 Å². The average Bonchev–Trinajstić information content (AvgIpc) is 3.04. The second-order valence-corrected chi connectivity index (χ2v) is 6.14. The van der Waals surface area contributed by atoms with Gasteiger partial charge in [-0.25, -0.2) is 0 Å². The fraction of sp³-hybridized carbons (Fsp3) is 0.300. The molecule has 0 aliphatic carbocycles. The van der Waals surface area contributed by atoms with Crippen LogP contribution in [0.15, 0.2) is 48.5 Å². The van der Waals surface area contributed by atoms with Crippen molar-refractivity contribution in [2.75, 3.05) is 23.9 Å². The Balaban J connectivity index is 1.65. The number of nitrogens with zero attached hydrogens (tertiary/aromatic N) is 1. The minimum Gasteiger partial charge on any atom is -0.497 e. The molecule has 5 heteroatoms. The van der Waals surface area contributed by atoms with E-state index >= 15 is 0 Å². The number of aryl methyl sites for hydroxylation is 1. The first-order valence-electron chi connectivity index (χ1n) is 8.45. The van der Waals surface area contributed by atoms with Crippen LogP contribution in [0.25, 0.3) is 0 Å². The van der Waals surface area contributed by atoms with Crippen LogP contribution in [-0.2, 0) is 16.0 Å². The Hall–Kier alpha value is -2.82. The zero-order valence-electron chi connectivity index (χ0n) is 14.5. The smallest absolute Gasteiger partial charge is 0.229 e. The van der Waals surface area contributed by atoms with Crippen LogP contribution in [0, 0.1) is 5.92 Å². The number of amides is 2. The Morgan fingerprint density at radius 3 is 2.44 bits per heavy atom. The minimum absolute atomic E-state index is 0.0147. The van der Waals surface area contributed by atoms with Crippen molar-refractivity contribution in [3.05, 3.63) is 54.1 Å². The van der Waals surface area contributed by atoms with Gasteiger partial charge in [0.1, 0.15) is 5.75 Å². The summed E-state index contributed by atoms with van der Waals surface area (Å²) in [5.41, 5.74) is 2.77. The summed E-state index contributed by atoms with van der Waals surface area (Å²) in [4.78, 5) is 26.5. The van der Waals surface area contributed by atoms with E-state index in [0.717, 1.165) is 17.9 Å². The van der Waals surface area contributed by atoms with Crippen LogP contribution in [0.3, 0.4) is 0 Å². The van der Waals surface area contributed by atoms with Crippen molar-refractivity contribution in [2.24, 2.45) is 5.92 Å². The molecule has 1 aliphatic heterocycles. The molecule has 0 spiro atoms. The van der Waals surface area contributed by atoms with Gasteiger partial charge in [0.15, 0.2) is 0 Å². The highest BCUT2D eigenvalue weighted by molar-refractivity contribution is 6.03. The summed E-state index contributed by atoms with van der Waals surface area (Å²) in [6.45, 7) is 2.50. The largest absolute Gasteiger partial charge is 0.497 e. The number of rotatable bonds is 5. The molecule has 0 bridgehead atoms. The summed E-state index contributed by atoms with van der Waals surface area (Å²) in [6, 6.07) is 15.1. The second-order valence-electron chi connectivity index (χ2n) is 6.14. The lowest BCUT2D eigenvalue weighted by Crippen LogP contribution is -2.28. The standard InChI is InChI=1S/C20H22N2O3/c1-3-14-4-8-17(9-5-14)22-13-15(12-19(22)23)20(24)21-16-6-10-18(25-2)11-7-16/h4-11,15H,3,12-13H2,1-2H3,(H,21,24)/t15-/m0/s1. The molecule has 1 aliphatic rings. The van der Waals surface area contributed by atoms with Gasteiger partial charge >= 0.3 is 0 Å². The van der Waals surface area contributed by atoms with Crippen LogP contribution < -0.4 is 15.0 Å². The molecule has 25 heavy (non-hydrogen) atoms. The van der Waals surface area contributed by atoms with Gasteiger partial charge in [-0.3, -0.25) is 9.59 Å². The van der Waals surface area contributed by atoms with Crippen molar-refractivity contribution < 1.29 is 14.3 Å². The number of methoxy groups -OCH3 is 1. The molecule has 1 fully saturated rings. The van der Waals surface area contributed by atoms with Crippen molar-refractivity contribution in [1.82, 2.24) is 0 Å². The minimum atomic E-state index is -0.347. The van der Waals surface area contributed by atoms with Crippen LogP contribution in [0.2, 0.25) is 0 Å². The van der Waals surface area contributed by atoms with Gasteiger partial charge in [0.05, 0.1) is 13.0 Å². The molecule has 2 amide bonds. The first kappa shape index (κ1) is 17.0. The fourth-order valence-corrected chi connectivity index (χ4v) is 2.96. The maximum Gasteiger partial charge on any atom is 0.229 e. The molecule has 1 saturated heterocycles. The third-order valence-corrected chi connectivity index (χ3v) is 4.51. The van der Waals surface area contributed by atoms with Crippen molar-refractivity contribution in [3.8, 4) is 5.75 Å². The summed E-state index contributed by atoms with van der Waals surface area (Å²) >= 11 is 0. The van der Waals surface area contributed by atoms with Gasteiger partial charge in [0, 0.05) is 24.3 Å². The molecule has 5 nitrogen and oxygen atoms in total. The molecule has 0 radical (unpaired) electrons. The number of nitrogens with one attached hydrogen (secondary N) is 1. The van der Waals surface area contributed by atoms with Crippen LogP contribution in [0.4, 0.5) is 11.4 Å². The number of hydrogen-bond acceptors (Lipinski definition) is 3. The summed E-state index contributed by atoms with van der Waals surface area (Å²) in [6.07, 6.45) is 1.19. The Labute approximate surface area is 147 Å². The molecule has 3 rings (SSSR count). The number of anilines is 2. The third-order valence-electron chi connectivity index (χ3n) is 4.51. The highest BCUT2D eigenvalue weighted by atomic mass is 16.5. The molecular formula is C20H22N2O3. The summed E-state index contributed by atoms with van der Waals surface area (Å²) in [5.74, 6) is 0.238. The van der Waals surface area contributed by atoms with Gasteiger partial charge in [0.25, 0.3) is 0 Å². The third kappa shape index (κ3) is 3.82. The molecule has 2 aromatic carbocycles. The van der Waals surface area contributed by atoms with Gasteiger partial charge in [-0.15, -0.1) is 0 Å². The SMILES string of the molecule is CCc1ccc(N2C[C@@H](C(=O)Nc3ccc(OC)cc3)CC2=O)cc1. The number of ether oxygens (including phenoxy) is 1. The quantitative estimate of drug-likeness (QED) is 0.910. The molecule has 1 atom stereocenters. The van der Waals surface area contributed by atoms with Gasteiger partial charge in [-0.05, 0) is 48.4 Å². The Kier molecular flexibility index (Phi) is 5.03. The van der Waals surface area contributed by atoms with Crippen LogP contribution in [0.1, 0.15) is 18.9 Å². The first-order chi connectivity index (χ1) is 12.1. The predicted octanol–water partition coefficient (Wildman–Crippen LogP) is 3.25. The zero-order valence-corrected chi connectivity index (χ0v) is 14.5. The van der Waals surface area contributed by atoms with Crippen LogP contribution >= 0.6 is 0 Å². The van der Waals surface area contributed by atoms with Gasteiger partial charge < -0.3 is 15.0 Å².